The minimum atomic E-state index is 0.710. The molecule has 3 heteroatoms. The third-order valence-electron chi connectivity index (χ3n) is 4.22. The van der Waals surface area contributed by atoms with E-state index in [2.05, 4.69) is 43.0 Å². The molecule has 0 aromatic heterocycles. The number of nitrogens with two attached hydrogens (primary N) is 1. The number of likely N-dealkylation sites (tertiary alicyclic amines) is 1. The molecule has 1 aliphatic rings. The predicted molar refractivity (Wildman–Crippen MR) is 77.6 cm³/mol. The quantitative estimate of drug-likeness (QED) is 0.830. The van der Waals surface area contributed by atoms with Gasteiger partial charge in [-0.15, -0.1) is 0 Å². The molecule has 18 heavy (non-hydrogen) atoms. The third-order valence-corrected chi connectivity index (χ3v) is 4.22. The summed E-state index contributed by atoms with van der Waals surface area (Å²) in [6.07, 6.45) is 2.54. The Kier molecular flexibility index (Phi) is 4.25. The smallest absolute Gasteiger partial charge is 0.0346 e. The Balaban J connectivity index is 1.98. The van der Waals surface area contributed by atoms with E-state index in [4.69, 9.17) is 5.73 Å². The third kappa shape index (κ3) is 3.03. The molecule has 0 atom stereocenters. The minimum Gasteiger partial charge on any atom is -0.399 e. The van der Waals surface area contributed by atoms with Crippen LogP contribution in [0, 0.1) is 6.92 Å². The Morgan fingerprint density at radius 3 is 2.67 bits per heavy atom. The van der Waals surface area contributed by atoms with Gasteiger partial charge in [0, 0.05) is 18.3 Å². The summed E-state index contributed by atoms with van der Waals surface area (Å²) in [5, 5.41) is 0. The summed E-state index contributed by atoms with van der Waals surface area (Å²) in [6.45, 7) is 5.55. The van der Waals surface area contributed by atoms with Crippen molar-refractivity contribution in [3.63, 3.8) is 0 Å². The average molecular weight is 247 g/mol. The normalized spacial score (nSPS) is 18.4. The highest BCUT2D eigenvalue weighted by Crippen LogP contribution is 2.20. The van der Waals surface area contributed by atoms with Crippen molar-refractivity contribution >= 4 is 5.69 Å². The summed E-state index contributed by atoms with van der Waals surface area (Å²) >= 11 is 0. The molecule has 0 amide bonds. The van der Waals surface area contributed by atoms with Crippen LogP contribution in [0.4, 0.5) is 5.69 Å². The molecule has 2 rings (SSSR count). The van der Waals surface area contributed by atoms with Gasteiger partial charge in [0.05, 0.1) is 0 Å². The summed E-state index contributed by atoms with van der Waals surface area (Å²) in [5.41, 5.74) is 9.47. The molecule has 0 radical (unpaired) electrons. The fraction of sp³-hybridized carbons (Fsp3) is 0.600. The number of benzene rings is 1. The van der Waals surface area contributed by atoms with Crippen LogP contribution < -0.4 is 5.73 Å². The molecule has 1 heterocycles. The number of hydrogen-bond donors (Lipinski definition) is 1. The van der Waals surface area contributed by atoms with Gasteiger partial charge < -0.3 is 10.6 Å². The lowest BCUT2D eigenvalue weighted by atomic mass is 10.0. The molecule has 0 unspecified atom stereocenters. The fourth-order valence-corrected chi connectivity index (χ4v) is 2.71. The molecular formula is C15H25N3. The predicted octanol–water partition coefficient (Wildman–Crippen LogP) is 2.10. The molecule has 2 N–H and O–H groups in total. The summed E-state index contributed by atoms with van der Waals surface area (Å²) in [4.78, 5) is 4.89. The lowest BCUT2D eigenvalue weighted by Crippen LogP contribution is -2.41. The molecular weight excluding hydrogens is 222 g/mol. The van der Waals surface area contributed by atoms with Gasteiger partial charge in [0.2, 0.25) is 0 Å². The highest BCUT2D eigenvalue weighted by Gasteiger charge is 2.20. The van der Waals surface area contributed by atoms with Gasteiger partial charge in [-0.2, -0.15) is 0 Å². The summed E-state index contributed by atoms with van der Waals surface area (Å²) < 4.78 is 0. The standard InChI is InChI=1S/C15H25N3/c1-12-13(5-4-6-15(12)16)11-18(3)14-7-9-17(2)10-8-14/h4-6,14H,7-11,16H2,1-3H3. The molecule has 1 aliphatic heterocycles. The average Bonchev–Trinajstić information content (AvgIpc) is 2.36. The number of anilines is 1. The SMILES string of the molecule is Cc1c(N)cccc1CN(C)C1CCN(C)CC1. The molecule has 1 aromatic carbocycles. The van der Waals surface area contributed by atoms with E-state index in [1.54, 1.807) is 0 Å². The van der Waals surface area contributed by atoms with E-state index in [1.807, 2.05) is 6.07 Å². The van der Waals surface area contributed by atoms with Crippen LogP contribution in [0.3, 0.4) is 0 Å². The van der Waals surface area contributed by atoms with Crippen LogP contribution >= 0.6 is 0 Å². The first-order valence-electron chi connectivity index (χ1n) is 6.80. The zero-order chi connectivity index (χ0) is 13.1. The van der Waals surface area contributed by atoms with Gasteiger partial charge in [0.1, 0.15) is 0 Å². The Hall–Kier alpha value is -1.06. The van der Waals surface area contributed by atoms with Crippen molar-refractivity contribution < 1.29 is 0 Å². The van der Waals surface area contributed by atoms with E-state index in [-0.39, 0.29) is 0 Å². The van der Waals surface area contributed by atoms with Gasteiger partial charge in [-0.1, -0.05) is 12.1 Å². The molecule has 100 valence electrons. The molecule has 0 aliphatic carbocycles. The minimum absolute atomic E-state index is 0.710. The lowest BCUT2D eigenvalue weighted by Gasteiger charge is -2.35. The van der Waals surface area contributed by atoms with Crippen LogP contribution in [-0.4, -0.2) is 43.0 Å². The molecule has 0 spiro atoms. The van der Waals surface area contributed by atoms with Crippen molar-refractivity contribution in [3.8, 4) is 0 Å². The van der Waals surface area contributed by atoms with Crippen molar-refractivity contribution in [3.05, 3.63) is 29.3 Å². The van der Waals surface area contributed by atoms with Crippen molar-refractivity contribution in [2.45, 2.75) is 32.4 Å². The molecule has 3 nitrogen and oxygen atoms in total. The van der Waals surface area contributed by atoms with Gasteiger partial charge >= 0.3 is 0 Å². The Labute approximate surface area is 111 Å². The highest BCUT2D eigenvalue weighted by molar-refractivity contribution is 5.49. The molecule has 1 saturated heterocycles. The first-order valence-corrected chi connectivity index (χ1v) is 6.80. The number of nitrogens with zero attached hydrogens (tertiary/aromatic N) is 2. The van der Waals surface area contributed by atoms with Crippen molar-refractivity contribution in [2.24, 2.45) is 0 Å². The maximum atomic E-state index is 5.97. The lowest BCUT2D eigenvalue weighted by molar-refractivity contribution is 0.139. The molecule has 0 bridgehead atoms. The van der Waals surface area contributed by atoms with Crippen molar-refractivity contribution in [1.29, 1.82) is 0 Å². The van der Waals surface area contributed by atoms with Crippen LogP contribution in [0.25, 0.3) is 0 Å². The van der Waals surface area contributed by atoms with Crippen LogP contribution in [0.5, 0.6) is 0 Å². The van der Waals surface area contributed by atoms with Crippen LogP contribution in [0.2, 0.25) is 0 Å². The van der Waals surface area contributed by atoms with Gasteiger partial charge in [-0.05, 0) is 64.1 Å². The van der Waals surface area contributed by atoms with Crippen LogP contribution in [0.15, 0.2) is 18.2 Å². The van der Waals surface area contributed by atoms with E-state index < -0.39 is 0 Å². The summed E-state index contributed by atoms with van der Waals surface area (Å²) in [5.74, 6) is 0. The van der Waals surface area contributed by atoms with Crippen LogP contribution in [0.1, 0.15) is 24.0 Å². The number of hydrogen-bond acceptors (Lipinski definition) is 3. The Bertz CT molecular complexity index is 395. The van der Waals surface area contributed by atoms with Crippen molar-refractivity contribution in [2.75, 3.05) is 32.9 Å². The van der Waals surface area contributed by atoms with Crippen molar-refractivity contribution in [1.82, 2.24) is 9.80 Å². The fourth-order valence-electron chi connectivity index (χ4n) is 2.71. The van der Waals surface area contributed by atoms with E-state index >= 15 is 0 Å². The maximum absolute atomic E-state index is 5.97. The molecule has 0 saturated carbocycles. The summed E-state index contributed by atoms with van der Waals surface area (Å²) in [6, 6.07) is 6.94. The van der Waals surface area contributed by atoms with Gasteiger partial charge in [0.15, 0.2) is 0 Å². The number of piperidine rings is 1. The second kappa shape index (κ2) is 5.72. The number of nitrogen functional groups attached to an aromatic ring is 1. The second-order valence-corrected chi connectivity index (χ2v) is 5.58. The highest BCUT2D eigenvalue weighted by atomic mass is 15.2. The Morgan fingerprint density at radius 2 is 2.00 bits per heavy atom. The van der Waals surface area contributed by atoms with E-state index in [0.717, 1.165) is 12.2 Å². The zero-order valence-corrected chi connectivity index (χ0v) is 11.8. The topological polar surface area (TPSA) is 32.5 Å². The van der Waals surface area contributed by atoms with E-state index in [9.17, 15) is 0 Å². The van der Waals surface area contributed by atoms with E-state index in [0.29, 0.717) is 6.04 Å². The summed E-state index contributed by atoms with van der Waals surface area (Å²) in [7, 11) is 4.44. The molecule has 1 aromatic rings. The first-order chi connectivity index (χ1) is 8.58. The Morgan fingerprint density at radius 1 is 1.33 bits per heavy atom. The second-order valence-electron chi connectivity index (χ2n) is 5.58. The van der Waals surface area contributed by atoms with Gasteiger partial charge in [-0.3, -0.25) is 4.90 Å². The largest absolute Gasteiger partial charge is 0.399 e. The maximum Gasteiger partial charge on any atom is 0.0346 e. The first kappa shape index (κ1) is 13.4. The van der Waals surface area contributed by atoms with E-state index in [1.165, 1.54) is 37.1 Å². The number of rotatable bonds is 3. The van der Waals surface area contributed by atoms with Gasteiger partial charge in [0.25, 0.3) is 0 Å². The zero-order valence-electron chi connectivity index (χ0n) is 11.8. The van der Waals surface area contributed by atoms with Gasteiger partial charge in [-0.25, -0.2) is 0 Å². The monoisotopic (exact) mass is 247 g/mol. The molecule has 1 fully saturated rings. The van der Waals surface area contributed by atoms with Crippen LogP contribution in [-0.2, 0) is 6.54 Å².